The molecule has 1 amide bonds. The summed E-state index contributed by atoms with van der Waals surface area (Å²) < 4.78 is 11.1. The van der Waals surface area contributed by atoms with Crippen LogP contribution in [0.25, 0.3) is 0 Å². The van der Waals surface area contributed by atoms with Gasteiger partial charge in [-0.15, -0.1) is 0 Å². The number of likely N-dealkylation sites (tertiary alicyclic amines) is 1. The highest BCUT2D eigenvalue weighted by Gasteiger charge is 2.36. The second-order valence-corrected chi connectivity index (χ2v) is 6.25. The monoisotopic (exact) mass is 356 g/mol. The Labute approximate surface area is 151 Å². The van der Waals surface area contributed by atoms with Crippen molar-refractivity contribution in [1.29, 1.82) is 0 Å². The Bertz CT molecular complexity index is 763. The summed E-state index contributed by atoms with van der Waals surface area (Å²) >= 11 is 0. The molecule has 0 unspecified atom stereocenters. The van der Waals surface area contributed by atoms with E-state index >= 15 is 0 Å². The number of aliphatic carboxylic acids is 1. The van der Waals surface area contributed by atoms with Gasteiger partial charge in [0, 0.05) is 25.4 Å². The van der Waals surface area contributed by atoms with Gasteiger partial charge in [-0.05, 0) is 36.2 Å². The molecule has 1 aliphatic heterocycles. The van der Waals surface area contributed by atoms with Gasteiger partial charge in [0.15, 0.2) is 6.61 Å². The Balaban J connectivity index is 1.50. The van der Waals surface area contributed by atoms with Gasteiger partial charge in [0.2, 0.25) is 5.88 Å². The van der Waals surface area contributed by atoms with E-state index in [0.717, 1.165) is 0 Å². The van der Waals surface area contributed by atoms with Crippen LogP contribution in [0.3, 0.4) is 0 Å². The Hall–Kier alpha value is -3.09. The van der Waals surface area contributed by atoms with E-state index in [9.17, 15) is 9.59 Å². The average molecular weight is 356 g/mol. The van der Waals surface area contributed by atoms with Crippen LogP contribution in [-0.4, -0.2) is 46.6 Å². The number of aromatic nitrogens is 1. The minimum absolute atomic E-state index is 0.0560. The maximum absolute atomic E-state index is 12.2. The van der Waals surface area contributed by atoms with Crippen molar-refractivity contribution in [2.75, 3.05) is 19.7 Å². The van der Waals surface area contributed by atoms with Crippen molar-refractivity contribution in [3.8, 4) is 17.4 Å². The predicted octanol–water partition coefficient (Wildman–Crippen LogP) is 2.43. The number of carboxylic acid groups (broad SMARTS) is 1. The summed E-state index contributed by atoms with van der Waals surface area (Å²) in [5.74, 6) is -0.00522. The van der Waals surface area contributed by atoms with Crippen molar-refractivity contribution in [2.45, 2.75) is 6.92 Å². The Morgan fingerprint density at radius 2 is 1.88 bits per heavy atom. The van der Waals surface area contributed by atoms with E-state index in [4.69, 9.17) is 14.6 Å². The molecular weight excluding hydrogens is 336 g/mol. The molecule has 0 saturated carbocycles. The smallest absolute Gasteiger partial charge is 0.308 e. The number of hydrogen-bond acceptors (Lipinski definition) is 5. The number of hydrogen-bond donors (Lipinski definition) is 1. The summed E-state index contributed by atoms with van der Waals surface area (Å²) in [6.07, 6.45) is 1.65. The first-order valence-corrected chi connectivity index (χ1v) is 8.35. The molecule has 1 aromatic carbocycles. The fourth-order valence-electron chi connectivity index (χ4n) is 2.86. The quantitative estimate of drug-likeness (QED) is 0.855. The molecule has 0 bridgehead atoms. The van der Waals surface area contributed by atoms with E-state index in [1.165, 1.54) is 0 Å². The zero-order valence-electron chi connectivity index (χ0n) is 14.4. The number of nitrogens with zero attached hydrogens (tertiary/aromatic N) is 2. The van der Waals surface area contributed by atoms with E-state index in [1.807, 2.05) is 13.0 Å². The third kappa shape index (κ3) is 4.30. The molecule has 1 saturated heterocycles. The maximum Gasteiger partial charge on any atom is 0.308 e. The van der Waals surface area contributed by atoms with Gasteiger partial charge in [-0.3, -0.25) is 9.59 Å². The molecule has 2 aromatic rings. The van der Waals surface area contributed by atoms with Crippen LogP contribution in [0.1, 0.15) is 6.92 Å². The molecule has 26 heavy (non-hydrogen) atoms. The number of carbonyl (C=O) groups is 2. The summed E-state index contributed by atoms with van der Waals surface area (Å²) in [5, 5.41) is 9.14. The third-order valence-electron chi connectivity index (χ3n) is 4.33. The van der Waals surface area contributed by atoms with E-state index < -0.39 is 11.9 Å². The van der Waals surface area contributed by atoms with Crippen LogP contribution >= 0.6 is 0 Å². The zero-order valence-corrected chi connectivity index (χ0v) is 14.4. The molecule has 0 spiro atoms. The van der Waals surface area contributed by atoms with Gasteiger partial charge in [0.05, 0.1) is 5.92 Å². The van der Waals surface area contributed by atoms with E-state index in [2.05, 4.69) is 4.98 Å². The van der Waals surface area contributed by atoms with Gasteiger partial charge in [-0.1, -0.05) is 13.0 Å². The number of amides is 1. The first-order valence-electron chi connectivity index (χ1n) is 8.35. The highest BCUT2D eigenvalue weighted by Crippen LogP contribution is 2.24. The summed E-state index contributed by atoms with van der Waals surface area (Å²) in [5.41, 5.74) is 0. The highest BCUT2D eigenvalue weighted by atomic mass is 16.5. The van der Waals surface area contributed by atoms with E-state index in [0.29, 0.717) is 23.9 Å². The molecule has 2 atom stereocenters. The van der Waals surface area contributed by atoms with Crippen LogP contribution in [0, 0.1) is 11.8 Å². The first-order chi connectivity index (χ1) is 12.5. The zero-order chi connectivity index (χ0) is 18.5. The number of benzene rings is 1. The molecule has 1 fully saturated rings. The number of rotatable bonds is 6. The van der Waals surface area contributed by atoms with Crippen molar-refractivity contribution in [3.63, 3.8) is 0 Å². The maximum atomic E-state index is 12.2. The molecule has 3 rings (SSSR count). The van der Waals surface area contributed by atoms with Crippen LogP contribution in [-0.2, 0) is 9.59 Å². The predicted molar refractivity (Wildman–Crippen MR) is 93.1 cm³/mol. The van der Waals surface area contributed by atoms with Gasteiger partial charge in [-0.2, -0.15) is 0 Å². The summed E-state index contributed by atoms with van der Waals surface area (Å²) in [6.45, 7) is 2.39. The molecule has 0 aliphatic carbocycles. The Morgan fingerprint density at radius 1 is 1.15 bits per heavy atom. The summed E-state index contributed by atoms with van der Waals surface area (Å²) in [4.78, 5) is 29.0. The Morgan fingerprint density at radius 3 is 2.50 bits per heavy atom. The molecule has 2 heterocycles. The molecule has 0 radical (unpaired) electrons. The fourth-order valence-corrected chi connectivity index (χ4v) is 2.86. The fraction of sp³-hybridized carbons (Fsp3) is 0.316. The summed E-state index contributed by atoms with van der Waals surface area (Å²) in [7, 11) is 0. The lowest BCUT2D eigenvalue weighted by Gasteiger charge is -2.16. The van der Waals surface area contributed by atoms with Crippen molar-refractivity contribution in [2.24, 2.45) is 11.8 Å². The molecule has 1 aliphatic rings. The van der Waals surface area contributed by atoms with E-state index in [1.54, 1.807) is 47.5 Å². The minimum atomic E-state index is -0.864. The van der Waals surface area contributed by atoms with E-state index in [-0.39, 0.29) is 25.0 Å². The number of pyridine rings is 1. The first kappa shape index (κ1) is 17.7. The van der Waals surface area contributed by atoms with Crippen LogP contribution < -0.4 is 9.47 Å². The topological polar surface area (TPSA) is 89.0 Å². The lowest BCUT2D eigenvalue weighted by molar-refractivity contribution is -0.142. The number of carbonyl (C=O) groups excluding carboxylic acids is 1. The highest BCUT2D eigenvalue weighted by molar-refractivity contribution is 5.80. The van der Waals surface area contributed by atoms with Crippen molar-refractivity contribution in [1.82, 2.24) is 9.88 Å². The van der Waals surface area contributed by atoms with Crippen LogP contribution in [0.15, 0.2) is 48.7 Å². The third-order valence-corrected chi connectivity index (χ3v) is 4.33. The normalized spacial score (nSPS) is 19.2. The average Bonchev–Trinajstić information content (AvgIpc) is 3.04. The molecule has 1 aromatic heterocycles. The Kier molecular flexibility index (Phi) is 5.36. The van der Waals surface area contributed by atoms with Crippen molar-refractivity contribution < 1.29 is 24.2 Å². The summed E-state index contributed by atoms with van der Waals surface area (Å²) in [6, 6.07) is 12.3. The largest absolute Gasteiger partial charge is 0.484 e. The standard InChI is InChI=1S/C19H20N2O5/c1-13-10-21(11-16(13)19(23)24)18(22)12-25-14-5-7-15(8-6-14)26-17-4-2-3-9-20-17/h2-9,13,16H,10-12H2,1H3,(H,23,24)/t13-,16-/m1/s1. The second kappa shape index (κ2) is 7.86. The minimum Gasteiger partial charge on any atom is -0.484 e. The van der Waals surface area contributed by atoms with Gasteiger partial charge in [0.1, 0.15) is 11.5 Å². The lowest BCUT2D eigenvalue weighted by Crippen LogP contribution is -2.33. The van der Waals surface area contributed by atoms with Gasteiger partial charge >= 0.3 is 5.97 Å². The molecule has 136 valence electrons. The second-order valence-electron chi connectivity index (χ2n) is 6.25. The van der Waals surface area contributed by atoms with Gasteiger partial charge in [0.25, 0.3) is 5.91 Å². The van der Waals surface area contributed by atoms with Crippen molar-refractivity contribution in [3.05, 3.63) is 48.7 Å². The number of carboxylic acids is 1. The van der Waals surface area contributed by atoms with Crippen LogP contribution in [0.5, 0.6) is 17.4 Å². The van der Waals surface area contributed by atoms with Crippen LogP contribution in [0.2, 0.25) is 0 Å². The van der Waals surface area contributed by atoms with Crippen molar-refractivity contribution >= 4 is 11.9 Å². The van der Waals surface area contributed by atoms with Gasteiger partial charge < -0.3 is 19.5 Å². The van der Waals surface area contributed by atoms with Gasteiger partial charge in [-0.25, -0.2) is 4.98 Å². The molecule has 7 heteroatoms. The SMILES string of the molecule is C[C@@H]1CN(C(=O)COc2ccc(Oc3ccccn3)cc2)C[C@H]1C(=O)O. The molecule has 1 N–H and O–H groups in total. The number of ether oxygens (including phenoxy) is 2. The molecular formula is C19H20N2O5. The molecule has 7 nitrogen and oxygen atoms in total. The lowest BCUT2D eigenvalue weighted by atomic mass is 9.99. The van der Waals surface area contributed by atoms with Crippen LogP contribution in [0.4, 0.5) is 0 Å².